The summed E-state index contributed by atoms with van der Waals surface area (Å²) in [5.74, 6) is 0.370. The van der Waals surface area contributed by atoms with E-state index in [1.165, 1.54) is 11.3 Å². The van der Waals surface area contributed by atoms with E-state index in [1.807, 2.05) is 43.3 Å². The van der Waals surface area contributed by atoms with Crippen molar-refractivity contribution in [2.75, 3.05) is 19.0 Å². The second-order valence-electron chi connectivity index (χ2n) is 7.63. The number of nitrogens with one attached hydrogen (secondary N) is 2. The Kier molecular flexibility index (Phi) is 6.32. The molecule has 1 heterocycles. The monoisotopic (exact) mass is 435 g/mol. The van der Waals surface area contributed by atoms with Crippen molar-refractivity contribution in [3.63, 3.8) is 0 Å². The first-order chi connectivity index (χ1) is 15.0. The van der Waals surface area contributed by atoms with Crippen molar-refractivity contribution in [3.8, 4) is 5.75 Å². The third-order valence-corrected chi connectivity index (χ3v) is 6.49. The molecule has 0 saturated carbocycles. The van der Waals surface area contributed by atoms with Gasteiger partial charge in [0.05, 0.1) is 18.7 Å². The molecule has 2 aromatic carbocycles. The first-order valence-electron chi connectivity index (χ1n) is 10.3. The number of benzene rings is 2. The van der Waals surface area contributed by atoms with E-state index in [0.717, 1.165) is 46.7 Å². The molecule has 1 atom stereocenters. The van der Waals surface area contributed by atoms with Crippen molar-refractivity contribution in [3.05, 3.63) is 75.8 Å². The topological polar surface area (TPSA) is 80.3 Å². The highest BCUT2D eigenvalue weighted by Gasteiger charge is 2.32. The number of aryl methyl sites for hydroxylation is 2. The summed E-state index contributed by atoms with van der Waals surface area (Å²) < 4.78 is 5.17. The SMILES string of the molecule is COc1ccc(CCNC(=O)C2CCc3sc(NC(=O)c4ccc(C)cc4)nc32)cc1. The quantitative estimate of drug-likeness (QED) is 0.586. The minimum atomic E-state index is -0.257. The fraction of sp³-hybridized carbons (Fsp3) is 0.292. The van der Waals surface area contributed by atoms with Crippen LogP contribution in [-0.4, -0.2) is 30.5 Å². The Hall–Kier alpha value is -3.19. The van der Waals surface area contributed by atoms with E-state index in [0.29, 0.717) is 17.2 Å². The van der Waals surface area contributed by atoms with E-state index in [9.17, 15) is 9.59 Å². The second-order valence-corrected chi connectivity index (χ2v) is 8.71. The van der Waals surface area contributed by atoms with Crippen molar-refractivity contribution in [1.29, 1.82) is 0 Å². The molecule has 6 nitrogen and oxygen atoms in total. The third-order valence-electron chi connectivity index (χ3n) is 5.44. The van der Waals surface area contributed by atoms with E-state index < -0.39 is 0 Å². The Balaban J connectivity index is 1.33. The van der Waals surface area contributed by atoms with Crippen LogP contribution in [0.1, 0.15) is 44.4 Å². The first kappa shape index (κ1) is 21.1. The lowest BCUT2D eigenvalue weighted by molar-refractivity contribution is -0.122. The number of amides is 2. The molecule has 0 radical (unpaired) electrons. The van der Waals surface area contributed by atoms with Gasteiger partial charge < -0.3 is 10.1 Å². The maximum atomic E-state index is 12.7. The highest BCUT2D eigenvalue weighted by molar-refractivity contribution is 7.16. The second kappa shape index (κ2) is 9.31. The molecule has 1 aromatic heterocycles. The number of hydrogen-bond donors (Lipinski definition) is 2. The van der Waals surface area contributed by atoms with Gasteiger partial charge in [0.1, 0.15) is 5.75 Å². The van der Waals surface area contributed by atoms with Crippen LogP contribution in [0.25, 0.3) is 0 Å². The van der Waals surface area contributed by atoms with Gasteiger partial charge in [-0.2, -0.15) is 0 Å². The summed E-state index contributed by atoms with van der Waals surface area (Å²) in [6.07, 6.45) is 2.32. The number of hydrogen-bond acceptors (Lipinski definition) is 5. The molecule has 1 aliphatic rings. The zero-order chi connectivity index (χ0) is 21.8. The molecule has 0 spiro atoms. The van der Waals surface area contributed by atoms with Crippen molar-refractivity contribution < 1.29 is 14.3 Å². The Morgan fingerprint density at radius 1 is 1.13 bits per heavy atom. The van der Waals surface area contributed by atoms with Crippen molar-refractivity contribution in [2.45, 2.75) is 32.1 Å². The molecular formula is C24H25N3O3S. The van der Waals surface area contributed by atoms with Gasteiger partial charge in [0.2, 0.25) is 5.91 Å². The van der Waals surface area contributed by atoms with E-state index in [4.69, 9.17) is 4.74 Å². The van der Waals surface area contributed by atoms with Crippen LogP contribution in [0, 0.1) is 6.92 Å². The van der Waals surface area contributed by atoms with E-state index >= 15 is 0 Å². The molecule has 160 valence electrons. The normalized spacial score (nSPS) is 14.7. The standard InChI is InChI=1S/C24H25N3O3S/c1-15-3-7-17(8-4-15)22(28)27-24-26-21-19(11-12-20(21)31-24)23(29)25-14-13-16-5-9-18(30-2)10-6-16/h3-10,19H,11-14H2,1-2H3,(H,25,29)(H,26,27,28). The molecule has 2 amide bonds. The van der Waals surface area contributed by atoms with Crippen LogP contribution < -0.4 is 15.4 Å². The maximum Gasteiger partial charge on any atom is 0.257 e. The number of fused-ring (bicyclic) bond motifs is 1. The third kappa shape index (κ3) is 4.94. The molecule has 0 bridgehead atoms. The van der Waals surface area contributed by atoms with Crippen LogP contribution in [-0.2, 0) is 17.6 Å². The zero-order valence-corrected chi connectivity index (χ0v) is 18.4. The van der Waals surface area contributed by atoms with Gasteiger partial charge in [0, 0.05) is 17.0 Å². The van der Waals surface area contributed by atoms with Crippen molar-refractivity contribution in [2.24, 2.45) is 0 Å². The molecule has 1 unspecified atom stereocenters. The average molecular weight is 436 g/mol. The van der Waals surface area contributed by atoms with E-state index in [1.54, 1.807) is 19.2 Å². The van der Waals surface area contributed by atoms with E-state index in [-0.39, 0.29) is 17.7 Å². The summed E-state index contributed by atoms with van der Waals surface area (Å²) in [5, 5.41) is 6.45. The van der Waals surface area contributed by atoms with Gasteiger partial charge in [-0.1, -0.05) is 29.8 Å². The minimum Gasteiger partial charge on any atom is -0.497 e. The molecule has 0 saturated heterocycles. The number of nitrogens with zero attached hydrogens (tertiary/aromatic N) is 1. The molecule has 7 heteroatoms. The number of aromatic nitrogens is 1. The van der Waals surface area contributed by atoms with Gasteiger partial charge in [-0.15, -0.1) is 11.3 Å². The maximum absolute atomic E-state index is 12.7. The first-order valence-corrected chi connectivity index (χ1v) is 11.1. The predicted octanol–water partition coefficient (Wildman–Crippen LogP) is 4.10. The summed E-state index contributed by atoms with van der Waals surface area (Å²) in [7, 11) is 1.64. The molecule has 3 aromatic rings. The predicted molar refractivity (Wildman–Crippen MR) is 122 cm³/mol. The minimum absolute atomic E-state index is 0.00558. The highest BCUT2D eigenvalue weighted by atomic mass is 32.1. The number of anilines is 1. The Labute approximate surface area is 185 Å². The van der Waals surface area contributed by atoms with Gasteiger partial charge in [-0.05, 0) is 56.0 Å². The number of thiazole rings is 1. The lowest BCUT2D eigenvalue weighted by atomic mass is 10.1. The summed E-state index contributed by atoms with van der Waals surface area (Å²) in [6.45, 7) is 2.55. The Bertz CT molecular complexity index is 1070. The van der Waals surface area contributed by atoms with Crippen LogP contribution >= 0.6 is 11.3 Å². The smallest absolute Gasteiger partial charge is 0.257 e. The summed E-state index contributed by atoms with van der Waals surface area (Å²) in [4.78, 5) is 30.8. The molecule has 31 heavy (non-hydrogen) atoms. The van der Waals surface area contributed by atoms with Crippen LogP contribution in [0.3, 0.4) is 0 Å². The van der Waals surface area contributed by atoms with E-state index in [2.05, 4.69) is 15.6 Å². The van der Waals surface area contributed by atoms with Gasteiger partial charge in [-0.25, -0.2) is 4.98 Å². The molecule has 0 aliphatic heterocycles. The fourth-order valence-corrected chi connectivity index (χ4v) is 4.69. The number of carbonyl (C=O) groups is 2. The summed E-state index contributed by atoms with van der Waals surface area (Å²) >= 11 is 1.46. The number of rotatable bonds is 7. The molecule has 0 fully saturated rings. The number of ether oxygens (including phenoxy) is 1. The zero-order valence-electron chi connectivity index (χ0n) is 17.6. The van der Waals surface area contributed by atoms with Crippen LogP contribution in [0.4, 0.5) is 5.13 Å². The van der Waals surface area contributed by atoms with Crippen LogP contribution in [0.2, 0.25) is 0 Å². The molecule has 1 aliphatic carbocycles. The Morgan fingerprint density at radius 3 is 2.58 bits per heavy atom. The van der Waals surface area contributed by atoms with Crippen molar-refractivity contribution in [1.82, 2.24) is 10.3 Å². The van der Waals surface area contributed by atoms with Gasteiger partial charge in [-0.3, -0.25) is 14.9 Å². The van der Waals surface area contributed by atoms with Crippen LogP contribution in [0.5, 0.6) is 5.75 Å². The highest BCUT2D eigenvalue weighted by Crippen LogP contribution is 2.38. The summed E-state index contributed by atoms with van der Waals surface area (Å²) in [6, 6.07) is 15.2. The van der Waals surface area contributed by atoms with Gasteiger partial charge in [0.15, 0.2) is 5.13 Å². The fourth-order valence-electron chi connectivity index (χ4n) is 3.66. The number of methoxy groups -OCH3 is 1. The van der Waals surface area contributed by atoms with Gasteiger partial charge in [0.25, 0.3) is 5.91 Å². The lowest BCUT2D eigenvalue weighted by Gasteiger charge is -2.11. The number of carbonyl (C=O) groups excluding carboxylic acids is 2. The summed E-state index contributed by atoms with van der Waals surface area (Å²) in [5.41, 5.74) is 3.63. The molecule has 4 rings (SSSR count). The molecule has 2 N–H and O–H groups in total. The molecular weight excluding hydrogens is 410 g/mol. The lowest BCUT2D eigenvalue weighted by Crippen LogP contribution is -2.30. The van der Waals surface area contributed by atoms with Crippen LogP contribution in [0.15, 0.2) is 48.5 Å². The Morgan fingerprint density at radius 2 is 1.87 bits per heavy atom. The van der Waals surface area contributed by atoms with Gasteiger partial charge >= 0.3 is 0 Å². The van der Waals surface area contributed by atoms with Crippen molar-refractivity contribution >= 4 is 28.3 Å². The average Bonchev–Trinajstić information content (AvgIpc) is 3.34. The largest absolute Gasteiger partial charge is 0.497 e.